The SMILES string of the molecule is CC1(O)CCN(C(=O)C2CCC(C(=O)O)CC2)CC1. The van der Waals surface area contributed by atoms with Gasteiger partial charge in [-0.2, -0.15) is 0 Å². The lowest BCUT2D eigenvalue weighted by molar-refractivity contribution is -0.147. The van der Waals surface area contributed by atoms with Gasteiger partial charge in [0.2, 0.25) is 5.91 Å². The van der Waals surface area contributed by atoms with Crippen molar-refractivity contribution in [2.24, 2.45) is 11.8 Å². The molecule has 5 heteroatoms. The number of carbonyl (C=O) groups is 2. The topological polar surface area (TPSA) is 77.8 Å². The summed E-state index contributed by atoms with van der Waals surface area (Å²) in [6.07, 6.45) is 3.84. The molecule has 0 aromatic rings. The van der Waals surface area contributed by atoms with E-state index >= 15 is 0 Å². The van der Waals surface area contributed by atoms with E-state index in [1.165, 1.54) is 0 Å². The second-order valence-corrected chi connectivity index (χ2v) is 6.21. The lowest BCUT2D eigenvalue weighted by Crippen LogP contribution is -2.47. The number of aliphatic hydroxyl groups is 1. The van der Waals surface area contributed by atoms with Crippen LogP contribution in [0.25, 0.3) is 0 Å². The van der Waals surface area contributed by atoms with Gasteiger partial charge in [-0.15, -0.1) is 0 Å². The molecule has 1 saturated carbocycles. The molecule has 1 heterocycles. The van der Waals surface area contributed by atoms with E-state index in [0.717, 1.165) is 0 Å². The average molecular weight is 269 g/mol. The second-order valence-electron chi connectivity index (χ2n) is 6.21. The van der Waals surface area contributed by atoms with E-state index in [0.29, 0.717) is 51.6 Å². The minimum Gasteiger partial charge on any atom is -0.481 e. The highest BCUT2D eigenvalue weighted by atomic mass is 16.4. The molecule has 19 heavy (non-hydrogen) atoms. The van der Waals surface area contributed by atoms with Gasteiger partial charge < -0.3 is 15.1 Å². The molecule has 0 radical (unpaired) electrons. The van der Waals surface area contributed by atoms with Gasteiger partial charge in [0.1, 0.15) is 0 Å². The minimum atomic E-state index is -0.736. The monoisotopic (exact) mass is 269 g/mol. The molecule has 0 unspecified atom stereocenters. The first kappa shape index (κ1) is 14.3. The zero-order valence-electron chi connectivity index (χ0n) is 11.5. The summed E-state index contributed by atoms with van der Waals surface area (Å²) < 4.78 is 0. The number of carboxylic acids is 1. The van der Waals surface area contributed by atoms with Crippen LogP contribution in [0, 0.1) is 11.8 Å². The molecule has 2 fully saturated rings. The molecule has 2 N–H and O–H groups in total. The Kier molecular flexibility index (Phi) is 4.13. The maximum absolute atomic E-state index is 12.3. The van der Waals surface area contributed by atoms with Crippen LogP contribution in [0.1, 0.15) is 45.4 Å². The van der Waals surface area contributed by atoms with Gasteiger partial charge in [-0.25, -0.2) is 0 Å². The largest absolute Gasteiger partial charge is 0.481 e. The second kappa shape index (κ2) is 5.49. The Hall–Kier alpha value is -1.10. The van der Waals surface area contributed by atoms with Gasteiger partial charge in [0.15, 0.2) is 0 Å². The van der Waals surface area contributed by atoms with E-state index in [9.17, 15) is 14.7 Å². The van der Waals surface area contributed by atoms with Crippen LogP contribution < -0.4 is 0 Å². The third kappa shape index (κ3) is 3.47. The highest BCUT2D eigenvalue weighted by molar-refractivity contribution is 5.79. The normalized spacial score (nSPS) is 30.9. The third-order valence-corrected chi connectivity index (χ3v) is 4.58. The van der Waals surface area contributed by atoms with Crippen molar-refractivity contribution in [1.82, 2.24) is 4.90 Å². The number of piperidine rings is 1. The number of rotatable bonds is 2. The maximum Gasteiger partial charge on any atom is 0.306 e. The summed E-state index contributed by atoms with van der Waals surface area (Å²) in [4.78, 5) is 25.1. The molecule has 1 amide bonds. The van der Waals surface area contributed by atoms with Crippen LogP contribution in [0.3, 0.4) is 0 Å². The summed E-state index contributed by atoms with van der Waals surface area (Å²) in [5.74, 6) is -0.871. The van der Waals surface area contributed by atoms with Crippen LogP contribution in [0.4, 0.5) is 0 Å². The fraction of sp³-hybridized carbons (Fsp3) is 0.857. The molecule has 0 spiro atoms. The first-order chi connectivity index (χ1) is 8.89. The fourth-order valence-electron chi connectivity index (χ4n) is 3.05. The number of hydrogen-bond donors (Lipinski definition) is 2. The number of likely N-dealkylation sites (tertiary alicyclic amines) is 1. The highest BCUT2D eigenvalue weighted by Gasteiger charge is 2.35. The van der Waals surface area contributed by atoms with Gasteiger partial charge in [-0.05, 0) is 45.4 Å². The zero-order valence-corrected chi connectivity index (χ0v) is 11.5. The highest BCUT2D eigenvalue weighted by Crippen LogP contribution is 2.31. The zero-order chi connectivity index (χ0) is 14.0. The lowest BCUT2D eigenvalue weighted by Gasteiger charge is -2.38. The Morgan fingerprint density at radius 1 is 1.05 bits per heavy atom. The third-order valence-electron chi connectivity index (χ3n) is 4.58. The molecule has 1 aliphatic carbocycles. The van der Waals surface area contributed by atoms with E-state index in [4.69, 9.17) is 5.11 Å². The molecule has 108 valence electrons. The van der Waals surface area contributed by atoms with Gasteiger partial charge in [-0.1, -0.05) is 0 Å². The average Bonchev–Trinajstić information content (AvgIpc) is 2.38. The number of amides is 1. The molecule has 0 atom stereocenters. The quantitative estimate of drug-likeness (QED) is 0.791. The van der Waals surface area contributed by atoms with Crippen molar-refractivity contribution in [3.63, 3.8) is 0 Å². The first-order valence-electron chi connectivity index (χ1n) is 7.13. The van der Waals surface area contributed by atoms with Crippen molar-refractivity contribution in [2.45, 2.75) is 51.0 Å². The van der Waals surface area contributed by atoms with Crippen molar-refractivity contribution in [3.8, 4) is 0 Å². The number of nitrogens with zero attached hydrogens (tertiary/aromatic N) is 1. The summed E-state index contributed by atoms with van der Waals surface area (Å²) >= 11 is 0. The van der Waals surface area contributed by atoms with Crippen LogP contribution in [0.2, 0.25) is 0 Å². The van der Waals surface area contributed by atoms with Gasteiger partial charge in [0.25, 0.3) is 0 Å². The molecule has 2 aliphatic rings. The molecule has 5 nitrogen and oxygen atoms in total. The summed E-state index contributed by atoms with van der Waals surface area (Å²) in [5, 5.41) is 18.8. The smallest absolute Gasteiger partial charge is 0.306 e. The Morgan fingerprint density at radius 3 is 2.00 bits per heavy atom. The van der Waals surface area contributed by atoms with Crippen LogP contribution in [0.15, 0.2) is 0 Å². The molecule has 2 rings (SSSR count). The summed E-state index contributed by atoms with van der Waals surface area (Å²) in [6.45, 7) is 3.04. The van der Waals surface area contributed by atoms with Crippen molar-refractivity contribution in [1.29, 1.82) is 0 Å². The van der Waals surface area contributed by atoms with Crippen LogP contribution >= 0.6 is 0 Å². The predicted octanol–water partition coefficient (Wildman–Crippen LogP) is 1.25. The van der Waals surface area contributed by atoms with E-state index in [2.05, 4.69) is 0 Å². The minimum absolute atomic E-state index is 0.0151. The van der Waals surface area contributed by atoms with Crippen molar-refractivity contribution >= 4 is 11.9 Å². The van der Waals surface area contributed by atoms with E-state index in [1.807, 2.05) is 11.8 Å². The van der Waals surface area contributed by atoms with Gasteiger partial charge in [0, 0.05) is 19.0 Å². The molecular weight excluding hydrogens is 246 g/mol. The van der Waals surface area contributed by atoms with Gasteiger partial charge >= 0.3 is 5.97 Å². The van der Waals surface area contributed by atoms with Crippen LogP contribution in [0.5, 0.6) is 0 Å². The number of aliphatic carboxylic acids is 1. The van der Waals surface area contributed by atoms with Crippen molar-refractivity contribution in [2.75, 3.05) is 13.1 Å². The van der Waals surface area contributed by atoms with Crippen LogP contribution in [-0.2, 0) is 9.59 Å². The molecule has 0 bridgehead atoms. The van der Waals surface area contributed by atoms with Crippen molar-refractivity contribution < 1.29 is 19.8 Å². The number of carboxylic acid groups (broad SMARTS) is 1. The van der Waals surface area contributed by atoms with Gasteiger partial charge in [0.05, 0.1) is 11.5 Å². The maximum atomic E-state index is 12.3. The van der Waals surface area contributed by atoms with E-state index in [1.54, 1.807) is 0 Å². The number of carbonyl (C=O) groups excluding carboxylic acids is 1. The number of hydrogen-bond acceptors (Lipinski definition) is 3. The molecule has 1 saturated heterocycles. The standard InChI is InChI=1S/C14H23NO4/c1-14(19)6-8-15(9-7-14)12(16)10-2-4-11(5-3-10)13(17)18/h10-11,19H,2-9H2,1H3,(H,17,18). The Labute approximate surface area is 113 Å². The summed E-state index contributed by atoms with van der Waals surface area (Å²) in [7, 11) is 0. The fourth-order valence-corrected chi connectivity index (χ4v) is 3.05. The van der Waals surface area contributed by atoms with Crippen molar-refractivity contribution in [3.05, 3.63) is 0 Å². The predicted molar refractivity (Wildman–Crippen MR) is 69.5 cm³/mol. The molecular formula is C14H23NO4. The molecule has 0 aromatic heterocycles. The Balaban J connectivity index is 1.83. The molecule has 0 aromatic carbocycles. The van der Waals surface area contributed by atoms with Crippen LogP contribution in [-0.4, -0.2) is 45.7 Å². The van der Waals surface area contributed by atoms with E-state index < -0.39 is 11.6 Å². The Morgan fingerprint density at radius 2 is 1.53 bits per heavy atom. The van der Waals surface area contributed by atoms with E-state index in [-0.39, 0.29) is 17.7 Å². The van der Waals surface area contributed by atoms with Gasteiger partial charge in [-0.3, -0.25) is 9.59 Å². The summed E-state index contributed by atoms with van der Waals surface area (Å²) in [6, 6.07) is 0. The first-order valence-corrected chi connectivity index (χ1v) is 7.13. The lowest BCUT2D eigenvalue weighted by atomic mass is 9.81. The molecule has 1 aliphatic heterocycles. The summed E-state index contributed by atoms with van der Waals surface area (Å²) in [5.41, 5.74) is -0.641. The Bertz CT molecular complexity index is 348.